The number of rotatable bonds is 3. The summed E-state index contributed by atoms with van der Waals surface area (Å²) in [5, 5.41) is 10.1. The van der Waals surface area contributed by atoms with Crippen molar-refractivity contribution in [3.8, 4) is 0 Å². The van der Waals surface area contributed by atoms with Gasteiger partial charge in [0.15, 0.2) is 0 Å². The highest BCUT2D eigenvalue weighted by Gasteiger charge is 2.14. The maximum atomic E-state index is 10.4. The zero-order valence-corrected chi connectivity index (χ0v) is 7.14. The molecule has 0 spiro atoms. The molecule has 0 saturated carbocycles. The van der Waals surface area contributed by atoms with Crippen LogP contribution in [0.15, 0.2) is 6.33 Å². The third-order valence-corrected chi connectivity index (χ3v) is 2.17. The molecule has 0 amide bonds. The standard InChI is InChI=1S/C4H8N4O3S/c1-4(2-12(9,10)11)8-3-5-6-7-8/h3-4H,2H2,1H3,(H,9,10,11). The van der Waals surface area contributed by atoms with Crippen LogP contribution in [-0.4, -0.2) is 38.9 Å². The molecule has 0 saturated heterocycles. The third-order valence-electron chi connectivity index (χ3n) is 1.27. The third kappa shape index (κ3) is 2.55. The zero-order valence-electron chi connectivity index (χ0n) is 6.32. The first-order valence-corrected chi connectivity index (χ1v) is 4.77. The number of tetrazole rings is 1. The molecule has 1 atom stereocenters. The van der Waals surface area contributed by atoms with Crippen molar-refractivity contribution >= 4 is 10.1 Å². The van der Waals surface area contributed by atoms with Gasteiger partial charge in [0.25, 0.3) is 10.1 Å². The van der Waals surface area contributed by atoms with E-state index >= 15 is 0 Å². The summed E-state index contributed by atoms with van der Waals surface area (Å²) in [6.07, 6.45) is 1.29. The van der Waals surface area contributed by atoms with E-state index in [9.17, 15) is 8.42 Å². The topological polar surface area (TPSA) is 98.0 Å². The molecule has 1 N–H and O–H groups in total. The summed E-state index contributed by atoms with van der Waals surface area (Å²) in [5.41, 5.74) is 0. The van der Waals surface area contributed by atoms with E-state index in [1.165, 1.54) is 11.0 Å². The van der Waals surface area contributed by atoms with Crippen LogP contribution in [0.3, 0.4) is 0 Å². The average Bonchev–Trinajstić information content (AvgIpc) is 2.32. The van der Waals surface area contributed by atoms with Gasteiger partial charge < -0.3 is 0 Å². The van der Waals surface area contributed by atoms with E-state index in [0.29, 0.717) is 0 Å². The van der Waals surface area contributed by atoms with Gasteiger partial charge in [-0.1, -0.05) is 0 Å². The van der Waals surface area contributed by atoms with E-state index in [4.69, 9.17) is 4.55 Å². The zero-order chi connectivity index (χ0) is 9.19. The van der Waals surface area contributed by atoms with E-state index in [1.807, 2.05) is 0 Å². The number of aromatic nitrogens is 4. The normalized spacial score (nSPS) is 14.5. The van der Waals surface area contributed by atoms with Gasteiger partial charge in [-0.15, -0.1) is 5.10 Å². The largest absolute Gasteiger partial charge is 0.285 e. The molecule has 0 fully saturated rings. The van der Waals surface area contributed by atoms with Crippen LogP contribution in [0.1, 0.15) is 13.0 Å². The minimum Gasteiger partial charge on any atom is -0.285 e. The van der Waals surface area contributed by atoms with Crippen LogP contribution in [0.25, 0.3) is 0 Å². The Labute approximate surface area is 69.1 Å². The smallest absolute Gasteiger partial charge is 0.266 e. The summed E-state index contributed by atoms with van der Waals surface area (Å²) in [6.45, 7) is 1.59. The van der Waals surface area contributed by atoms with Crippen molar-refractivity contribution in [1.82, 2.24) is 20.2 Å². The molecule has 0 aromatic carbocycles. The first-order valence-electron chi connectivity index (χ1n) is 3.16. The minimum atomic E-state index is -3.97. The summed E-state index contributed by atoms with van der Waals surface area (Å²) < 4.78 is 30.6. The second kappa shape index (κ2) is 3.15. The van der Waals surface area contributed by atoms with Crippen LogP contribution in [0.5, 0.6) is 0 Å². The highest BCUT2D eigenvalue weighted by Crippen LogP contribution is 2.03. The molecule has 68 valence electrons. The number of hydrogen-bond donors (Lipinski definition) is 1. The van der Waals surface area contributed by atoms with Crippen molar-refractivity contribution in [3.63, 3.8) is 0 Å². The molecule has 7 nitrogen and oxygen atoms in total. The number of hydrogen-bond acceptors (Lipinski definition) is 5. The molecule has 0 radical (unpaired) electrons. The highest BCUT2D eigenvalue weighted by atomic mass is 32.2. The molecular formula is C4H8N4O3S. The molecule has 8 heteroatoms. The average molecular weight is 192 g/mol. The van der Waals surface area contributed by atoms with Gasteiger partial charge in [-0.05, 0) is 17.4 Å². The van der Waals surface area contributed by atoms with Crippen LogP contribution in [0, 0.1) is 0 Å². The molecule has 1 heterocycles. The summed E-state index contributed by atoms with van der Waals surface area (Å²) in [4.78, 5) is 0. The summed E-state index contributed by atoms with van der Waals surface area (Å²) in [5.74, 6) is -0.391. The lowest BCUT2D eigenvalue weighted by Gasteiger charge is -2.06. The van der Waals surface area contributed by atoms with Crippen molar-refractivity contribution in [3.05, 3.63) is 6.33 Å². The Balaban J connectivity index is 2.68. The van der Waals surface area contributed by atoms with Gasteiger partial charge in [0, 0.05) is 0 Å². The van der Waals surface area contributed by atoms with Crippen LogP contribution >= 0.6 is 0 Å². The molecule has 1 unspecified atom stereocenters. The van der Waals surface area contributed by atoms with Gasteiger partial charge in [0.2, 0.25) is 0 Å². The lowest BCUT2D eigenvalue weighted by Crippen LogP contribution is -2.17. The summed E-state index contributed by atoms with van der Waals surface area (Å²) in [6, 6.07) is -0.463. The molecule has 1 rings (SSSR count). The SMILES string of the molecule is CC(CS(=O)(=O)O)n1cnnn1. The molecular weight excluding hydrogens is 184 g/mol. The predicted molar refractivity (Wildman–Crippen MR) is 38.9 cm³/mol. The van der Waals surface area contributed by atoms with Gasteiger partial charge in [-0.3, -0.25) is 4.55 Å². The molecule has 0 bridgehead atoms. The van der Waals surface area contributed by atoms with Crippen LogP contribution in [0.4, 0.5) is 0 Å². The van der Waals surface area contributed by atoms with E-state index in [0.717, 1.165) is 0 Å². The second-order valence-corrected chi connectivity index (χ2v) is 3.88. The van der Waals surface area contributed by atoms with Crippen LogP contribution < -0.4 is 0 Å². The Morgan fingerprint density at radius 2 is 2.33 bits per heavy atom. The Bertz CT molecular complexity index is 331. The molecule has 0 aliphatic carbocycles. The van der Waals surface area contributed by atoms with Gasteiger partial charge in [-0.25, -0.2) is 4.68 Å². The van der Waals surface area contributed by atoms with E-state index in [1.54, 1.807) is 6.92 Å². The fraction of sp³-hybridized carbons (Fsp3) is 0.750. The van der Waals surface area contributed by atoms with Gasteiger partial charge in [-0.2, -0.15) is 8.42 Å². The molecule has 12 heavy (non-hydrogen) atoms. The van der Waals surface area contributed by atoms with Crippen molar-refractivity contribution in [2.75, 3.05) is 5.75 Å². The lowest BCUT2D eigenvalue weighted by molar-refractivity contribution is 0.451. The summed E-state index contributed by atoms with van der Waals surface area (Å²) >= 11 is 0. The van der Waals surface area contributed by atoms with Gasteiger partial charge in [0.05, 0.1) is 11.8 Å². The Morgan fingerprint density at radius 3 is 2.75 bits per heavy atom. The summed E-state index contributed by atoms with van der Waals surface area (Å²) in [7, 11) is -3.97. The van der Waals surface area contributed by atoms with E-state index in [-0.39, 0.29) is 0 Å². The first-order chi connectivity index (χ1) is 5.49. The molecule has 0 aliphatic heterocycles. The fourth-order valence-electron chi connectivity index (χ4n) is 0.752. The van der Waals surface area contributed by atoms with Gasteiger partial charge in [0.1, 0.15) is 6.33 Å². The first kappa shape index (κ1) is 9.07. The highest BCUT2D eigenvalue weighted by molar-refractivity contribution is 7.85. The van der Waals surface area contributed by atoms with Crippen LogP contribution in [0.2, 0.25) is 0 Å². The van der Waals surface area contributed by atoms with Crippen molar-refractivity contribution < 1.29 is 13.0 Å². The van der Waals surface area contributed by atoms with E-state index < -0.39 is 21.9 Å². The molecule has 1 aromatic heterocycles. The molecule has 1 aromatic rings. The van der Waals surface area contributed by atoms with Crippen molar-refractivity contribution in [2.24, 2.45) is 0 Å². The Kier molecular flexibility index (Phi) is 2.38. The maximum absolute atomic E-state index is 10.4. The fourth-order valence-corrected chi connectivity index (χ4v) is 1.51. The Morgan fingerprint density at radius 1 is 1.67 bits per heavy atom. The Hall–Kier alpha value is -1.02. The minimum absolute atomic E-state index is 0.391. The second-order valence-electron chi connectivity index (χ2n) is 2.39. The van der Waals surface area contributed by atoms with Crippen molar-refractivity contribution in [1.29, 1.82) is 0 Å². The van der Waals surface area contributed by atoms with Gasteiger partial charge >= 0.3 is 0 Å². The molecule has 0 aliphatic rings. The monoisotopic (exact) mass is 192 g/mol. The van der Waals surface area contributed by atoms with E-state index in [2.05, 4.69) is 15.5 Å². The maximum Gasteiger partial charge on any atom is 0.266 e. The van der Waals surface area contributed by atoms with Crippen LogP contribution in [-0.2, 0) is 10.1 Å². The predicted octanol–water partition coefficient (Wildman–Crippen LogP) is -0.878. The lowest BCUT2D eigenvalue weighted by atomic mass is 10.4. The number of nitrogens with zero attached hydrogens (tertiary/aromatic N) is 4. The van der Waals surface area contributed by atoms with Crippen molar-refractivity contribution in [2.45, 2.75) is 13.0 Å². The quantitative estimate of drug-likeness (QED) is 0.624.